The van der Waals surface area contributed by atoms with Gasteiger partial charge in [-0.05, 0) is 36.5 Å². The zero-order valence-electron chi connectivity index (χ0n) is 10.6. The second kappa shape index (κ2) is 4.56. The van der Waals surface area contributed by atoms with Crippen molar-refractivity contribution in [2.45, 2.75) is 31.0 Å². The molecule has 0 radical (unpaired) electrons. The van der Waals surface area contributed by atoms with Crippen LogP contribution in [0.1, 0.15) is 24.5 Å². The van der Waals surface area contributed by atoms with Gasteiger partial charge in [-0.15, -0.1) is 0 Å². The van der Waals surface area contributed by atoms with Gasteiger partial charge in [-0.2, -0.15) is 0 Å². The second-order valence-electron chi connectivity index (χ2n) is 5.36. The van der Waals surface area contributed by atoms with Crippen molar-refractivity contribution in [2.24, 2.45) is 5.92 Å². The molecule has 0 bridgehead atoms. The molecule has 6 heteroatoms. The summed E-state index contributed by atoms with van der Waals surface area (Å²) in [5.41, 5.74) is 0.142. The number of aliphatic carboxylic acids is 1. The quantitative estimate of drug-likeness (QED) is 0.863. The summed E-state index contributed by atoms with van der Waals surface area (Å²) in [6.07, 6.45) is -0.306. The zero-order chi connectivity index (χ0) is 14.4. The smallest absolute Gasteiger partial charge is 0.326 e. The molecule has 1 aromatic rings. The molecule has 5 nitrogen and oxygen atoms in total. The van der Waals surface area contributed by atoms with E-state index in [4.69, 9.17) is 5.11 Å². The molecule has 20 heavy (non-hydrogen) atoms. The Morgan fingerprint density at radius 1 is 1.35 bits per heavy atom. The van der Waals surface area contributed by atoms with Crippen LogP contribution >= 0.6 is 0 Å². The molecule has 1 aromatic carbocycles. The highest BCUT2D eigenvalue weighted by molar-refractivity contribution is 5.88. The van der Waals surface area contributed by atoms with Crippen molar-refractivity contribution in [2.75, 3.05) is 0 Å². The molecule has 0 spiro atoms. The Balaban J connectivity index is 1.83. The predicted molar refractivity (Wildman–Crippen MR) is 66.1 cm³/mol. The summed E-state index contributed by atoms with van der Waals surface area (Å²) in [5.74, 6) is -2.04. The highest BCUT2D eigenvalue weighted by Crippen LogP contribution is 2.48. The van der Waals surface area contributed by atoms with Crippen LogP contribution in [0.3, 0.4) is 0 Å². The van der Waals surface area contributed by atoms with Crippen LogP contribution in [-0.4, -0.2) is 39.1 Å². The number of carboxylic acid groups (broad SMARTS) is 1. The third kappa shape index (κ3) is 2.06. The van der Waals surface area contributed by atoms with E-state index in [9.17, 15) is 19.1 Å². The van der Waals surface area contributed by atoms with Gasteiger partial charge in [0.15, 0.2) is 6.10 Å². The average Bonchev–Trinajstić information content (AvgIpc) is 3.08. The fraction of sp³-hybridized carbons (Fsp3) is 0.429. The molecule has 2 fully saturated rings. The van der Waals surface area contributed by atoms with E-state index < -0.39 is 29.8 Å². The van der Waals surface area contributed by atoms with E-state index in [2.05, 4.69) is 0 Å². The summed E-state index contributed by atoms with van der Waals surface area (Å²) in [5, 5.41) is 19.2. The first-order valence-electron chi connectivity index (χ1n) is 6.47. The number of aliphatic hydroxyl groups is 1. The fourth-order valence-electron chi connectivity index (χ4n) is 2.95. The van der Waals surface area contributed by atoms with Crippen LogP contribution in [0.2, 0.25) is 0 Å². The lowest BCUT2D eigenvalue weighted by Gasteiger charge is -2.27. The Hall–Kier alpha value is -1.95. The van der Waals surface area contributed by atoms with Gasteiger partial charge in [0.2, 0.25) is 0 Å². The van der Waals surface area contributed by atoms with Gasteiger partial charge in [0.1, 0.15) is 11.9 Å². The van der Waals surface area contributed by atoms with Crippen LogP contribution in [0.25, 0.3) is 0 Å². The second-order valence-corrected chi connectivity index (χ2v) is 5.36. The van der Waals surface area contributed by atoms with E-state index in [1.54, 1.807) is 0 Å². The van der Waals surface area contributed by atoms with Crippen molar-refractivity contribution in [1.82, 2.24) is 4.90 Å². The molecule has 1 aliphatic carbocycles. The van der Waals surface area contributed by atoms with Gasteiger partial charge >= 0.3 is 5.97 Å². The Kier molecular flexibility index (Phi) is 2.97. The number of amides is 1. The van der Waals surface area contributed by atoms with Gasteiger partial charge in [-0.1, -0.05) is 12.1 Å². The normalized spacial score (nSPS) is 28.9. The number of fused-ring (bicyclic) bond motifs is 1. The largest absolute Gasteiger partial charge is 0.480 e. The zero-order valence-corrected chi connectivity index (χ0v) is 10.6. The minimum absolute atomic E-state index is 0.0909. The van der Waals surface area contributed by atoms with Gasteiger partial charge < -0.3 is 15.1 Å². The molecule has 1 heterocycles. The Morgan fingerprint density at radius 3 is 2.75 bits per heavy atom. The molecule has 1 aliphatic heterocycles. The first-order chi connectivity index (χ1) is 9.49. The van der Waals surface area contributed by atoms with E-state index in [0.29, 0.717) is 6.42 Å². The molecular weight excluding hydrogens is 265 g/mol. The highest BCUT2D eigenvalue weighted by Gasteiger charge is 2.57. The number of carbonyl (C=O) groups is 2. The summed E-state index contributed by atoms with van der Waals surface area (Å²) in [7, 11) is 0. The maximum absolute atomic E-state index is 13.1. The van der Waals surface area contributed by atoms with Crippen LogP contribution in [-0.2, 0) is 9.59 Å². The number of nitrogens with zero attached hydrogens (tertiary/aromatic N) is 1. The third-order valence-electron chi connectivity index (χ3n) is 4.04. The van der Waals surface area contributed by atoms with Crippen molar-refractivity contribution in [3.63, 3.8) is 0 Å². The van der Waals surface area contributed by atoms with Gasteiger partial charge in [0.05, 0.1) is 0 Å². The highest BCUT2D eigenvalue weighted by atomic mass is 19.1. The lowest BCUT2D eigenvalue weighted by Crippen LogP contribution is -2.45. The molecular formula is C14H14FNO4. The summed E-state index contributed by atoms with van der Waals surface area (Å²) in [4.78, 5) is 24.7. The van der Waals surface area contributed by atoms with Crippen LogP contribution in [0.4, 0.5) is 4.39 Å². The fourth-order valence-corrected chi connectivity index (χ4v) is 2.95. The SMILES string of the molecule is O=C(O)[C@@H]1C[C@@H]2C[C@@H]2N1C(=O)C(O)c1cccc(F)c1. The Bertz CT molecular complexity index is 576. The van der Waals surface area contributed by atoms with Crippen molar-refractivity contribution < 1.29 is 24.2 Å². The molecule has 2 N–H and O–H groups in total. The van der Waals surface area contributed by atoms with Gasteiger partial charge in [-0.25, -0.2) is 9.18 Å². The first kappa shape index (κ1) is 13.1. The summed E-state index contributed by atoms with van der Waals surface area (Å²) >= 11 is 0. The third-order valence-corrected chi connectivity index (χ3v) is 4.04. The number of carboxylic acids is 1. The number of rotatable bonds is 3. The Morgan fingerprint density at radius 2 is 2.10 bits per heavy atom. The molecule has 1 saturated heterocycles. The van der Waals surface area contributed by atoms with E-state index in [-0.39, 0.29) is 17.5 Å². The number of likely N-dealkylation sites (tertiary alicyclic amines) is 1. The molecule has 2 aliphatic rings. The average molecular weight is 279 g/mol. The van der Waals surface area contributed by atoms with E-state index in [1.165, 1.54) is 23.1 Å². The van der Waals surface area contributed by atoms with Crippen LogP contribution in [0.5, 0.6) is 0 Å². The van der Waals surface area contributed by atoms with Gasteiger partial charge in [0, 0.05) is 6.04 Å². The number of halogens is 1. The molecule has 106 valence electrons. The van der Waals surface area contributed by atoms with E-state index in [1.807, 2.05) is 0 Å². The minimum Gasteiger partial charge on any atom is -0.480 e. The molecule has 1 amide bonds. The number of hydrogen-bond donors (Lipinski definition) is 2. The van der Waals surface area contributed by atoms with Crippen LogP contribution in [0, 0.1) is 11.7 Å². The summed E-state index contributed by atoms with van der Waals surface area (Å²) < 4.78 is 13.1. The lowest BCUT2D eigenvalue weighted by molar-refractivity contribution is -0.153. The minimum atomic E-state index is -1.52. The maximum Gasteiger partial charge on any atom is 0.326 e. The van der Waals surface area contributed by atoms with Crippen molar-refractivity contribution >= 4 is 11.9 Å². The molecule has 1 unspecified atom stereocenters. The lowest BCUT2D eigenvalue weighted by atomic mass is 10.1. The van der Waals surface area contributed by atoms with Crippen molar-refractivity contribution in [3.05, 3.63) is 35.6 Å². The number of carbonyl (C=O) groups excluding carboxylic acids is 1. The van der Waals surface area contributed by atoms with Gasteiger partial charge in [-0.3, -0.25) is 4.79 Å². The van der Waals surface area contributed by atoms with Gasteiger partial charge in [0.25, 0.3) is 5.91 Å². The summed E-state index contributed by atoms with van der Waals surface area (Å²) in [6, 6.07) is 4.18. The monoisotopic (exact) mass is 279 g/mol. The molecule has 0 aromatic heterocycles. The number of hydrogen-bond acceptors (Lipinski definition) is 3. The van der Waals surface area contributed by atoms with E-state index >= 15 is 0 Å². The number of piperidine rings is 1. The van der Waals surface area contributed by atoms with Crippen LogP contribution < -0.4 is 0 Å². The molecule has 1 saturated carbocycles. The van der Waals surface area contributed by atoms with E-state index in [0.717, 1.165) is 12.5 Å². The van der Waals surface area contributed by atoms with Crippen molar-refractivity contribution in [1.29, 1.82) is 0 Å². The molecule has 4 atom stereocenters. The van der Waals surface area contributed by atoms with Crippen LogP contribution in [0.15, 0.2) is 24.3 Å². The standard InChI is InChI=1S/C14H14FNO4/c15-9-3-1-2-7(4-9)12(17)13(18)16-10-5-8(10)6-11(16)14(19)20/h1-4,8,10-12,17H,5-6H2,(H,19,20)/t8-,10-,11-,12?/m0/s1. The maximum atomic E-state index is 13.1. The topological polar surface area (TPSA) is 77.8 Å². The predicted octanol–water partition coefficient (Wildman–Crippen LogP) is 0.933. The molecule has 3 rings (SSSR count). The Labute approximate surface area is 114 Å². The first-order valence-corrected chi connectivity index (χ1v) is 6.47. The number of aliphatic hydroxyl groups excluding tert-OH is 1. The number of benzene rings is 1. The van der Waals surface area contributed by atoms with Crippen molar-refractivity contribution in [3.8, 4) is 0 Å². The summed E-state index contributed by atoms with van der Waals surface area (Å²) in [6.45, 7) is 0.